The van der Waals surface area contributed by atoms with E-state index in [4.69, 9.17) is 14.5 Å². The van der Waals surface area contributed by atoms with Gasteiger partial charge < -0.3 is 9.84 Å². The van der Waals surface area contributed by atoms with Gasteiger partial charge in [-0.25, -0.2) is 9.97 Å². The van der Waals surface area contributed by atoms with Gasteiger partial charge in [-0.2, -0.15) is 0 Å². The molecule has 30 heavy (non-hydrogen) atoms. The monoisotopic (exact) mass is 456 g/mol. The molecule has 6 heteroatoms. The summed E-state index contributed by atoms with van der Waals surface area (Å²) in [6, 6.07) is 27.9. The van der Waals surface area contributed by atoms with E-state index in [2.05, 4.69) is 26.4 Å². The molecule has 5 nitrogen and oxygen atoms in total. The Morgan fingerprint density at radius 3 is 2.40 bits per heavy atom. The summed E-state index contributed by atoms with van der Waals surface area (Å²) in [5.41, 5.74) is 3.68. The molecule has 0 aliphatic carbocycles. The molecule has 0 saturated carbocycles. The predicted octanol–water partition coefficient (Wildman–Crippen LogP) is 6.33. The molecule has 0 unspecified atom stereocenters. The molecule has 0 radical (unpaired) electrons. The third-order valence-electron chi connectivity index (χ3n) is 4.76. The van der Waals surface area contributed by atoms with Crippen molar-refractivity contribution in [3.8, 4) is 22.6 Å². The number of nitrogens with zero attached hydrogens (tertiary/aromatic N) is 3. The molecular weight excluding hydrogens is 440 g/mol. The lowest BCUT2D eigenvalue weighted by Gasteiger charge is -2.10. The average molecular weight is 457 g/mol. The molecule has 0 spiro atoms. The molecule has 0 amide bonds. The minimum atomic E-state index is 0.471. The van der Waals surface area contributed by atoms with Crippen molar-refractivity contribution >= 4 is 32.7 Å². The molecule has 0 saturated heterocycles. The topological polar surface area (TPSA) is 63.8 Å². The van der Waals surface area contributed by atoms with E-state index in [1.807, 2.05) is 84.9 Å². The largest absolute Gasteiger partial charge is 0.362 e. The summed E-state index contributed by atoms with van der Waals surface area (Å²) in [5, 5.41) is 8.55. The van der Waals surface area contributed by atoms with Crippen LogP contribution in [0.15, 0.2) is 93.9 Å². The SMILES string of the molecule is Brc1ccc(-c2cc(CNc3nc(-c4ccccc4)nc4ccccc34)on2)cc1. The zero-order valence-electron chi connectivity index (χ0n) is 15.9. The van der Waals surface area contributed by atoms with Crippen LogP contribution in [-0.2, 0) is 6.54 Å². The average Bonchev–Trinajstić information content (AvgIpc) is 3.27. The van der Waals surface area contributed by atoms with Crippen molar-refractivity contribution in [2.24, 2.45) is 0 Å². The standard InChI is InChI=1S/C24H17BrN4O/c25-18-12-10-16(11-13-18)22-14-19(30-29-22)15-26-24-20-8-4-5-9-21(20)27-23(28-24)17-6-2-1-3-7-17/h1-14H,15H2,(H,26,27,28). The van der Waals surface area contributed by atoms with Gasteiger partial charge in [-0.15, -0.1) is 0 Å². The summed E-state index contributed by atoms with van der Waals surface area (Å²) in [6.07, 6.45) is 0. The van der Waals surface area contributed by atoms with Crippen molar-refractivity contribution in [2.75, 3.05) is 5.32 Å². The van der Waals surface area contributed by atoms with Crippen LogP contribution in [0.25, 0.3) is 33.5 Å². The van der Waals surface area contributed by atoms with E-state index in [-0.39, 0.29) is 0 Å². The number of fused-ring (bicyclic) bond motifs is 1. The third kappa shape index (κ3) is 3.82. The van der Waals surface area contributed by atoms with Crippen molar-refractivity contribution in [1.29, 1.82) is 0 Å². The maximum atomic E-state index is 5.53. The van der Waals surface area contributed by atoms with Gasteiger partial charge in [0.15, 0.2) is 11.6 Å². The van der Waals surface area contributed by atoms with Crippen LogP contribution in [0.5, 0.6) is 0 Å². The number of hydrogen-bond donors (Lipinski definition) is 1. The molecule has 2 aromatic heterocycles. The van der Waals surface area contributed by atoms with Crippen LogP contribution < -0.4 is 5.32 Å². The maximum absolute atomic E-state index is 5.53. The molecule has 1 N–H and O–H groups in total. The Morgan fingerprint density at radius 1 is 0.800 bits per heavy atom. The fourth-order valence-corrected chi connectivity index (χ4v) is 3.52. The summed E-state index contributed by atoms with van der Waals surface area (Å²) in [6.45, 7) is 0.471. The van der Waals surface area contributed by atoms with E-state index in [1.165, 1.54) is 0 Å². The third-order valence-corrected chi connectivity index (χ3v) is 5.29. The fourth-order valence-electron chi connectivity index (χ4n) is 3.25. The number of rotatable bonds is 5. The Bertz CT molecular complexity index is 1300. The van der Waals surface area contributed by atoms with Gasteiger partial charge in [-0.3, -0.25) is 0 Å². The van der Waals surface area contributed by atoms with Crippen molar-refractivity contribution in [3.05, 3.63) is 95.2 Å². The predicted molar refractivity (Wildman–Crippen MR) is 122 cm³/mol. The normalized spacial score (nSPS) is 11.0. The zero-order valence-corrected chi connectivity index (χ0v) is 17.5. The fraction of sp³-hybridized carbons (Fsp3) is 0.0417. The van der Waals surface area contributed by atoms with Gasteiger partial charge in [-0.05, 0) is 24.3 Å². The minimum Gasteiger partial charge on any atom is -0.362 e. The number of nitrogens with one attached hydrogen (secondary N) is 1. The zero-order chi connectivity index (χ0) is 20.3. The number of aromatic nitrogens is 3. The highest BCUT2D eigenvalue weighted by atomic mass is 79.9. The van der Waals surface area contributed by atoms with Gasteiger partial charge in [0.25, 0.3) is 0 Å². The number of anilines is 1. The van der Waals surface area contributed by atoms with Gasteiger partial charge >= 0.3 is 0 Å². The molecule has 5 rings (SSSR count). The van der Waals surface area contributed by atoms with E-state index in [0.29, 0.717) is 12.4 Å². The van der Waals surface area contributed by atoms with Crippen LogP contribution in [0.2, 0.25) is 0 Å². The maximum Gasteiger partial charge on any atom is 0.162 e. The Morgan fingerprint density at radius 2 is 1.57 bits per heavy atom. The van der Waals surface area contributed by atoms with Gasteiger partial charge in [0, 0.05) is 27.1 Å². The Balaban J connectivity index is 1.43. The Kier molecular flexibility index (Phi) is 4.99. The first-order valence-electron chi connectivity index (χ1n) is 9.54. The summed E-state index contributed by atoms with van der Waals surface area (Å²) < 4.78 is 6.56. The molecule has 0 bridgehead atoms. The van der Waals surface area contributed by atoms with E-state index in [1.54, 1.807) is 0 Å². The van der Waals surface area contributed by atoms with Gasteiger partial charge in [0.1, 0.15) is 11.5 Å². The molecule has 0 aliphatic heterocycles. The van der Waals surface area contributed by atoms with Gasteiger partial charge in [-0.1, -0.05) is 75.7 Å². The van der Waals surface area contributed by atoms with Crippen LogP contribution >= 0.6 is 15.9 Å². The second kappa shape index (κ2) is 8.08. The summed E-state index contributed by atoms with van der Waals surface area (Å²) in [5.74, 6) is 2.18. The van der Waals surface area contributed by atoms with Crippen LogP contribution in [0.1, 0.15) is 5.76 Å². The van der Waals surface area contributed by atoms with Crippen LogP contribution in [0.4, 0.5) is 5.82 Å². The lowest BCUT2D eigenvalue weighted by molar-refractivity contribution is 0.390. The second-order valence-electron chi connectivity index (χ2n) is 6.82. The highest BCUT2D eigenvalue weighted by Crippen LogP contribution is 2.26. The number of para-hydroxylation sites is 1. The lowest BCUT2D eigenvalue weighted by Crippen LogP contribution is -2.03. The quantitative estimate of drug-likeness (QED) is 0.334. The first-order chi connectivity index (χ1) is 14.8. The molecule has 0 fully saturated rings. The Hall–Kier alpha value is -3.51. The summed E-state index contributed by atoms with van der Waals surface area (Å²) in [7, 11) is 0. The van der Waals surface area contributed by atoms with Crippen molar-refractivity contribution in [1.82, 2.24) is 15.1 Å². The summed E-state index contributed by atoms with van der Waals surface area (Å²) in [4.78, 5) is 9.49. The highest BCUT2D eigenvalue weighted by Gasteiger charge is 2.11. The molecule has 2 heterocycles. The molecular formula is C24H17BrN4O. The number of benzene rings is 3. The van der Waals surface area contributed by atoms with Crippen LogP contribution in [-0.4, -0.2) is 15.1 Å². The van der Waals surface area contributed by atoms with E-state index in [9.17, 15) is 0 Å². The van der Waals surface area contributed by atoms with E-state index < -0.39 is 0 Å². The lowest BCUT2D eigenvalue weighted by atomic mass is 10.1. The van der Waals surface area contributed by atoms with Gasteiger partial charge in [0.2, 0.25) is 0 Å². The second-order valence-corrected chi connectivity index (χ2v) is 7.73. The molecule has 3 aromatic carbocycles. The van der Waals surface area contributed by atoms with Crippen molar-refractivity contribution < 1.29 is 4.52 Å². The minimum absolute atomic E-state index is 0.471. The molecule has 5 aromatic rings. The first-order valence-corrected chi connectivity index (χ1v) is 10.3. The smallest absolute Gasteiger partial charge is 0.162 e. The first kappa shape index (κ1) is 18.5. The Labute approximate surface area is 181 Å². The van der Waals surface area contributed by atoms with Gasteiger partial charge in [0.05, 0.1) is 12.1 Å². The van der Waals surface area contributed by atoms with Crippen molar-refractivity contribution in [3.63, 3.8) is 0 Å². The van der Waals surface area contributed by atoms with E-state index >= 15 is 0 Å². The number of hydrogen-bond acceptors (Lipinski definition) is 5. The highest BCUT2D eigenvalue weighted by molar-refractivity contribution is 9.10. The van der Waals surface area contributed by atoms with Crippen LogP contribution in [0.3, 0.4) is 0 Å². The van der Waals surface area contributed by atoms with Crippen LogP contribution in [0, 0.1) is 0 Å². The molecule has 0 aliphatic rings. The molecule has 146 valence electrons. The summed E-state index contributed by atoms with van der Waals surface area (Å²) >= 11 is 3.45. The van der Waals surface area contributed by atoms with E-state index in [0.717, 1.165) is 43.8 Å². The molecule has 0 atom stereocenters. The van der Waals surface area contributed by atoms with Crippen molar-refractivity contribution in [2.45, 2.75) is 6.54 Å². The number of halogens is 1.